The van der Waals surface area contributed by atoms with E-state index in [4.69, 9.17) is 4.74 Å². The predicted molar refractivity (Wildman–Crippen MR) is 111 cm³/mol. The Bertz CT molecular complexity index is 907. The topological polar surface area (TPSA) is 50.7 Å². The van der Waals surface area contributed by atoms with Gasteiger partial charge in [-0.05, 0) is 41.0 Å². The maximum Gasteiger partial charge on any atom is 0.244 e. The minimum absolute atomic E-state index is 0.0486. The first-order chi connectivity index (χ1) is 13.8. The quantitative estimate of drug-likeness (QED) is 0.518. The number of nitrogens with zero attached hydrogens (tertiary/aromatic N) is 1. The summed E-state index contributed by atoms with van der Waals surface area (Å²) in [4.78, 5) is 12.8. The van der Waals surface area contributed by atoms with Crippen molar-refractivity contribution < 1.29 is 9.53 Å². The predicted octanol–water partition coefficient (Wildman–Crippen LogP) is 4.34. The van der Waals surface area contributed by atoms with E-state index in [1.54, 1.807) is 13.3 Å². The van der Waals surface area contributed by atoms with E-state index in [1.807, 2.05) is 60.7 Å². The summed E-state index contributed by atoms with van der Waals surface area (Å²) in [6.45, 7) is 0. The van der Waals surface area contributed by atoms with Gasteiger partial charge in [-0.25, -0.2) is 5.43 Å². The standard InChI is InChI=1S/C24H22N2O2/c1-28-20-14-12-17(13-15-20)16-25-26-24(27)23-21(18-8-4-2-5-9-18)22(23)19-10-6-3-7-11-19/h2-16,21-23H,1H3,(H,26,27)/b25-16-/t21-,22-/m0/s1. The molecule has 0 aliphatic heterocycles. The molecule has 3 aromatic carbocycles. The third kappa shape index (κ3) is 3.81. The highest BCUT2D eigenvalue weighted by atomic mass is 16.5. The molecule has 0 heterocycles. The summed E-state index contributed by atoms with van der Waals surface area (Å²) in [5, 5.41) is 4.15. The largest absolute Gasteiger partial charge is 0.497 e. The molecule has 1 aliphatic carbocycles. The first-order valence-electron chi connectivity index (χ1n) is 9.35. The van der Waals surface area contributed by atoms with Crippen LogP contribution in [-0.2, 0) is 4.79 Å². The van der Waals surface area contributed by atoms with Crippen molar-refractivity contribution >= 4 is 12.1 Å². The molecular formula is C24H22N2O2. The fraction of sp³-hybridized carbons (Fsp3) is 0.167. The smallest absolute Gasteiger partial charge is 0.244 e. The maximum atomic E-state index is 12.8. The van der Waals surface area contributed by atoms with Crippen LogP contribution in [0.3, 0.4) is 0 Å². The van der Waals surface area contributed by atoms with Crippen molar-refractivity contribution in [2.75, 3.05) is 7.11 Å². The molecule has 0 unspecified atom stereocenters. The number of hydrogen-bond acceptors (Lipinski definition) is 3. The number of hydrazone groups is 1. The summed E-state index contributed by atoms with van der Waals surface area (Å²) >= 11 is 0. The summed E-state index contributed by atoms with van der Waals surface area (Å²) in [6.07, 6.45) is 1.65. The second kappa shape index (κ2) is 8.09. The molecule has 0 radical (unpaired) electrons. The van der Waals surface area contributed by atoms with Gasteiger partial charge in [-0.15, -0.1) is 0 Å². The molecule has 0 saturated heterocycles. The van der Waals surface area contributed by atoms with Crippen molar-refractivity contribution in [3.63, 3.8) is 0 Å². The average Bonchev–Trinajstić information content (AvgIpc) is 3.51. The van der Waals surface area contributed by atoms with E-state index < -0.39 is 0 Å². The van der Waals surface area contributed by atoms with E-state index in [9.17, 15) is 4.79 Å². The van der Waals surface area contributed by atoms with Crippen LogP contribution in [0, 0.1) is 5.92 Å². The van der Waals surface area contributed by atoms with E-state index in [-0.39, 0.29) is 23.7 Å². The highest BCUT2D eigenvalue weighted by Gasteiger charge is 2.55. The van der Waals surface area contributed by atoms with Crippen LogP contribution in [0.1, 0.15) is 28.5 Å². The zero-order chi connectivity index (χ0) is 19.3. The van der Waals surface area contributed by atoms with Gasteiger partial charge in [0.25, 0.3) is 0 Å². The summed E-state index contributed by atoms with van der Waals surface area (Å²) in [6, 6.07) is 28.0. The van der Waals surface area contributed by atoms with Crippen LogP contribution in [0.15, 0.2) is 90.0 Å². The van der Waals surface area contributed by atoms with Crippen LogP contribution in [0.4, 0.5) is 0 Å². The number of carbonyl (C=O) groups excluding carboxylic acids is 1. The number of amides is 1. The Balaban J connectivity index is 1.47. The minimum atomic E-state index is -0.113. The van der Waals surface area contributed by atoms with Gasteiger partial charge in [-0.1, -0.05) is 60.7 Å². The summed E-state index contributed by atoms with van der Waals surface area (Å²) in [5.74, 6) is 0.987. The molecule has 1 saturated carbocycles. The third-order valence-corrected chi connectivity index (χ3v) is 5.20. The number of rotatable bonds is 6. The lowest BCUT2D eigenvalue weighted by atomic mass is 10.0. The van der Waals surface area contributed by atoms with Gasteiger partial charge >= 0.3 is 0 Å². The second-order valence-corrected chi connectivity index (χ2v) is 6.91. The van der Waals surface area contributed by atoms with Crippen LogP contribution >= 0.6 is 0 Å². The lowest BCUT2D eigenvalue weighted by Crippen LogP contribution is -2.20. The first kappa shape index (κ1) is 18.0. The molecule has 1 N–H and O–H groups in total. The molecule has 1 aliphatic rings. The number of carbonyl (C=O) groups is 1. The van der Waals surface area contributed by atoms with Gasteiger partial charge in [0.15, 0.2) is 0 Å². The monoisotopic (exact) mass is 370 g/mol. The summed E-state index contributed by atoms with van der Waals surface area (Å²) < 4.78 is 5.15. The van der Waals surface area contributed by atoms with Gasteiger partial charge in [-0.3, -0.25) is 4.79 Å². The van der Waals surface area contributed by atoms with Crippen molar-refractivity contribution in [2.45, 2.75) is 11.8 Å². The average molecular weight is 370 g/mol. The fourth-order valence-corrected chi connectivity index (χ4v) is 3.75. The lowest BCUT2D eigenvalue weighted by molar-refractivity contribution is -0.122. The molecule has 3 aromatic rings. The minimum Gasteiger partial charge on any atom is -0.497 e. The van der Waals surface area contributed by atoms with Gasteiger partial charge in [-0.2, -0.15) is 5.10 Å². The number of nitrogens with one attached hydrogen (secondary N) is 1. The molecule has 1 fully saturated rings. The van der Waals surface area contributed by atoms with Crippen LogP contribution in [0.2, 0.25) is 0 Å². The van der Waals surface area contributed by atoms with E-state index in [0.29, 0.717) is 0 Å². The number of hydrogen-bond donors (Lipinski definition) is 1. The Hall–Kier alpha value is -3.40. The molecule has 1 amide bonds. The van der Waals surface area contributed by atoms with Crippen molar-refractivity contribution in [1.29, 1.82) is 0 Å². The van der Waals surface area contributed by atoms with E-state index in [1.165, 1.54) is 11.1 Å². The Labute approximate surface area is 164 Å². The number of benzene rings is 3. The second-order valence-electron chi connectivity index (χ2n) is 6.91. The van der Waals surface area contributed by atoms with Gasteiger partial charge in [0, 0.05) is 11.8 Å². The van der Waals surface area contributed by atoms with E-state index in [0.717, 1.165) is 11.3 Å². The van der Waals surface area contributed by atoms with Gasteiger partial charge in [0.1, 0.15) is 5.75 Å². The molecule has 0 bridgehead atoms. The SMILES string of the molecule is COc1ccc(/C=N\NC(=O)C2[C@@H](c3ccccc3)[C@@H]2c2ccccc2)cc1. The van der Waals surface area contributed by atoms with Gasteiger partial charge in [0.05, 0.1) is 19.2 Å². The van der Waals surface area contributed by atoms with Crippen molar-refractivity contribution in [3.05, 3.63) is 102 Å². The zero-order valence-electron chi connectivity index (χ0n) is 15.7. The lowest BCUT2D eigenvalue weighted by Gasteiger charge is -2.01. The molecule has 28 heavy (non-hydrogen) atoms. The van der Waals surface area contributed by atoms with E-state index >= 15 is 0 Å². The van der Waals surface area contributed by atoms with Crippen LogP contribution in [0.25, 0.3) is 0 Å². The molecular weight excluding hydrogens is 348 g/mol. The normalized spacial score (nSPS) is 20.7. The molecule has 140 valence electrons. The third-order valence-electron chi connectivity index (χ3n) is 5.20. The molecule has 4 rings (SSSR count). The van der Waals surface area contributed by atoms with Crippen molar-refractivity contribution in [2.24, 2.45) is 11.0 Å². The summed E-state index contributed by atoms with van der Waals surface area (Å²) in [7, 11) is 1.63. The molecule has 2 atom stereocenters. The highest BCUT2D eigenvalue weighted by molar-refractivity contribution is 5.87. The van der Waals surface area contributed by atoms with Crippen molar-refractivity contribution in [1.82, 2.24) is 5.43 Å². The molecule has 4 heteroatoms. The maximum absolute atomic E-state index is 12.8. The van der Waals surface area contributed by atoms with Crippen LogP contribution in [0.5, 0.6) is 5.75 Å². The molecule has 0 spiro atoms. The molecule has 0 aromatic heterocycles. The highest BCUT2D eigenvalue weighted by Crippen LogP contribution is 2.60. The Morgan fingerprint density at radius 2 is 1.39 bits per heavy atom. The number of ether oxygens (including phenoxy) is 1. The van der Waals surface area contributed by atoms with Gasteiger partial charge < -0.3 is 4.74 Å². The Morgan fingerprint density at radius 3 is 1.89 bits per heavy atom. The first-order valence-corrected chi connectivity index (χ1v) is 9.35. The van der Waals surface area contributed by atoms with E-state index in [2.05, 4.69) is 34.8 Å². The van der Waals surface area contributed by atoms with Crippen LogP contribution < -0.4 is 10.2 Å². The Kier molecular flexibility index (Phi) is 5.20. The van der Waals surface area contributed by atoms with Crippen molar-refractivity contribution in [3.8, 4) is 5.75 Å². The van der Waals surface area contributed by atoms with Gasteiger partial charge in [0.2, 0.25) is 5.91 Å². The fourth-order valence-electron chi connectivity index (χ4n) is 3.75. The van der Waals surface area contributed by atoms with Crippen LogP contribution in [-0.4, -0.2) is 19.2 Å². The Morgan fingerprint density at radius 1 is 0.857 bits per heavy atom. The number of methoxy groups -OCH3 is 1. The summed E-state index contributed by atoms with van der Waals surface area (Å²) in [5.41, 5.74) is 6.00. The zero-order valence-corrected chi connectivity index (χ0v) is 15.7. The molecule has 4 nitrogen and oxygen atoms in total.